The number of nitrogens with one attached hydrogen (secondary N) is 1. The standard InChI is InChI=1S/C33H23F10NO3/c1-46-29(45)12-7-20-13-21(8-10-27(20)35)31(18-19-5-3-2-4-6-19,44-24-9-11-28(36)26(17-24)32(39,40)41)22-14-23(34)16-25(15-22)47-33(42,43)30(37)38/h2-17,30,44H,18H2,1H3/b12-7+/t31-/m1/s1. The number of anilines is 1. The number of carbonyl (C=O) groups is 1. The number of halogens is 10. The van der Waals surface area contributed by atoms with Gasteiger partial charge in [0.25, 0.3) is 0 Å². The van der Waals surface area contributed by atoms with Crippen LogP contribution in [0.3, 0.4) is 0 Å². The molecule has 0 amide bonds. The minimum atomic E-state index is -5.16. The molecule has 0 saturated heterocycles. The number of alkyl halides is 7. The lowest BCUT2D eigenvalue weighted by molar-refractivity contribution is -0.253. The van der Waals surface area contributed by atoms with Crippen molar-refractivity contribution in [1.82, 2.24) is 0 Å². The van der Waals surface area contributed by atoms with E-state index in [0.29, 0.717) is 23.8 Å². The van der Waals surface area contributed by atoms with E-state index < -0.39 is 64.7 Å². The number of esters is 1. The first-order valence-corrected chi connectivity index (χ1v) is 13.4. The summed E-state index contributed by atoms with van der Waals surface area (Å²) in [5.74, 6) is -5.73. The van der Waals surface area contributed by atoms with E-state index in [0.717, 1.165) is 55.7 Å². The molecule has 4 aromatic carbocycles. The Bertz CT molecular complexity index is 1760. The molecular weight excluding hydrogens is 648 g/mol. The number of hydrogen-bond donors (Lipinski definition) is 1. The van der Waals surface area contributed by atoms with E-state index in [1.165, 1.54) is 0 Å². The smallest absolute Gasteiger partial charge is 0.461 e. The molecule has 0 unspecified atom stereocenters. The van der Waals surface area contributed by atoms with Gasteiger partial charge in [0, 0.05) is 29.8 Å². The normalized spacial score (nSPS) is 13.4. The third-order valence-electron chi connectivity index (χ3n) is 6.90. The number of benzene rings is 4. The van der Waals surface area contributed by atoms with Gasteiger partial charge in [0.2, 0.25) is 0 Å². The second kappa shape index (κ2) is 13.8. The van der Waals surface area contributed by atoms with Gasteiger partial charge in [0.05, 0.1) is 18.2 Å². The highest BCUT2D eigenvalue weighted by Gasteiger charge is 2.45. The second-order valence-electron chi connectivity index (χ2n) is 10.1. The number of hydrogen-bond acceptors (Lipinski definition) is 4. The summed E-state index contributed by atoms with van der Waals surface area (Å²) in [4.78, 5) is 11.7. The Morgan fingerprint density at radius 3 is 2.15 bits per heavy atom. The Morgan fingerprint density at radius 1 is 0.830 bits per heavy atom. The van der Waals surface area contributed by atoms with Crippen LogP contribution in [0, 0.1) is 17.5 Å². The number of carbonyl (C=O) groups excluding carboxylic acids is 1. The van der Waals surface area contributed by atoms with Crippen molar-refractivity contribution in [2.75, 3.05) is 12.4 Å². The summed E-state index contributed by atoms with van der Waals surface area (Å²) in [6.07, 6.45) is -13.0. The summed E-state index contributed by atoms with van der Waals surface area (Å²) in [5.41, 5.74) is -4.37. The maximum Gasteiger partial charge on any atom is 0.461 e. The molecule has 4 nitrogen and oxygen atoms in total. The monoisotopic (exact) mass is 671 g/mol. The Hall–Kier alpha value is -5.01. The van der Waals surface area contributed by atoms with Crippen molar-refractivity contribution in [1.29, 1.82) is 0 Å². The molecule has 4 rings (SSSR count). The van der Waals surface area contributed by atoms with Gasteiger partial charge in [-0.2, -0.15) is 30.7 Å². The molecule has 0 fully saturated rings. The van der Waals surface area contributed by atoms with Crippen molar-refractivity contribution in [2.45, 2.75) is 30.7 Å². The average Bonchev–Trinajstić information content (AvgIpc) is 3.00. The van der Waals surface area contributed by atoms with E-state index in [9.17, 15) is 44.3 Å². The molecule has 1 atom stereocenters. The van der Waals surface area contributed by atoms with Crippen LogP contribution in [0.15, 0.2) is 91.0 Å². The van der Waals surface area contributed by atoms with E-state index in [1.54, 1.807) is 30.3 Å². The van der Waals surface area contributed by atoms with Crippen molar-refractivity contribution >= 4 is 17.7 Å². The number of methoxy groups -OCH3 is 1. The van der Waals surface area contributed by atoms with Crippen molar-refractivity contribution < 1.29 is 58.2 Å². The first-order chi connectivity index (χ1) is 22.0. The molecule has 0 radical (unpaired) electrons. The highest BCUT2D eigenvalue weighted by atomic mass is 19.4. The second-order valence-corrected chi connectivity index (χ2v) is 10.1. The highest BCUT2D eigenvalue weighted by molar-refractivity contribution is 5.87. The van der Waals surface area contributed by atoms with E-state index in [4.69, 9.17) is 0 Å². The summed E-state index contributed by atoms with van der Waals surface area (Å²) in [6.45, 7) is 0. The molecule has 0 aliphatic heterocycles. The van der Waals surface area contributed by atoms with Crippen LogP contribution in [-0.4, -0.2) is 25.6 Å². The molecule has 0 aromatic heterocycles. The van der Waals surface area contributed by atoms with Gasteiger partial charge in [-0.15, -0.1) is 0 Å². The van der Waals surface area contributed by atoms with Gasteiger partial charge in [0.1, 0.15) is 23.2 Å². The molecule has 0 spiro atoms. The van der Waals surface area contributed by atoms with Crippen molar-refractivity contribution in [3.8, 4) is 5.75 Å². The Labute approximate surface area is 261 Å². The van der Waals surface area contributed by atoms with E-state index in [2.05, 4.69) is 14.8 Å². The van der Waals surface area contributed by atoms with Gasteiger partial charge in [0.15, 0.2) is 0 Å². The maximum atomic E-state index is 15.1. The average molecular weight is 672 g/mol. The van der Waals surface area contributed by atoms with Crippen LogP contribution in [0.25, 0.3) is 6.08 Å². The molecule has 0 heterocycles. The largest absolute Gasteiger partial charge is 0.466 e. The lowest BCUT2D eigenvalue weighted by Gasteiger charge is -2.38. The lowest BCUT2D eigenvalue weighted by atomic mass is 9.77. The summed E-state index contributed by atoms with van der Waals surface area (Å²) >= 11 is 0. The van der Waals surface area contributed by atoms with Crippen molar-refractivity contribution in [3.63, 3.8) is 0 Å². The first kappa shape index (κ1) is 34.9. The lowest BCUT2D eigenvalue weighted by Crippen LogP contribution is -2.40. The van der Waals surface area contributed by atoms with Crippen LogP contribution in [0.4, 0.5) is 49.6 Å². The van der Waals surface area contributed by atoms with Gasteiger partial charge < -0.3 is 14.8 Å². The zero-order valence-electron chi connectivity index (χ0n) is 24.0. The summed E-state index contributed by atoms with van der Waals surface area (Å²) in [7, 11) is 1.06. The summed E-state index contributed by atoms with van der Waals surface area (Å²) in [6, 6.07) is 14.9. The predicted molar refractivity (Wildman–Crippen MR) is 151 cm³/mol. The van der Waals surface area contributed by atoms with Crippen LogP contribution in [-0.2, 0) is 27.7 Å². The van der Waals surface area contributed by atoms with E-state index in [1.807, 2.05) is 0 Å². The molecular formula is C33H23F10NO3. The van der Waals surface area contributed by atoms with Crippen LogP contribution in [0.2, 0.25) is 0 Å². The van der Waals surface area contributed by atoms with Crippen molar-refractivity contribution in [3.05, 3.63) is 136 Å². The molecule has 1 N–H and O–H groups in total. The third kappa shape index (κ3) is 8.23. The SMILES string of the molecule is COC(=O)/C=C/c1cc([C@@](Cc2ccccc2)(Nc2ccc(F)c(C(F)(F)F)c2)c2cc(F)cc(OC(F)(F)C(F)F)c2)ccc1F. The fourth-order valence-corrected chi connectivity index (χ4v) is 4.76. The minimum Gasteiger partial charge on any atom is -0.466 e. The predicted octanol–water partition coefficient (Wildman–Crippen LogP) is 9.14. The summed E-state index contributed by atoms with van der Waals surface area (Å²) in [5, 5.41) is 2.81. The fourth-order valence-electron chi connectivity index (χ4n) is 4.76. The number of rotatable bonds is 11. The van der Waals surface area contributed by atoms with Gasteiger partial charge >= 0.3 is 24.7 Å². The van der Waals surface area contributed by atoms with Crippen LogP contribution in [0.1, 0.15) is 27.8 Å². The van der Waals surface area contributed by atoms with Crippen molar-refractivity contribution in [2.24, 2.45) is 0 Å². The third-order valence-corrected chi connectivity index (χ3v) is 6.90. The molecule has 0 bridgehead atoms. The molecule has 4 aromatic rings. The zero-order chi connectivity index (χ0) is 34.6. The molecule has 0 saturated carbocycles. The molecule has 0 aliphatic carbocycles. The number of ether oxygens (including phenoxy) is 2. The van der Waals surface area contributed by atoms with Gasteiger partial charge in [-0.05, 0) is 65.2 Å². The quantitative estimate of drug-likeness (QED) is 0.0982. The van der Waals surface area contributed by atoms with E-state index >= 15 is 4.39 Å². The first-order valence-electron chi connectivity index (χ1n) is 13.4. The topological polar surface area (TPSA) is 47.6 Å². The Morgan fingerprint density at radius 2 is 1.51 bits per heavy atom. The molecule has 248 valence electrons. The molecule has 47 heavy (non-hydrogen) atoms. The fraction of sp³-hybridized carbons (Fsp3) is 0.182. The van der Waals surface area contributed by atoms with Gasteiger partial charge in [-0.1, -0.05) is 36.4 Å². The zero-order valence-corrected chi connectivity index (χ0v) is 24.0. The van der Waals surface area contributed by atoms with Gasteiger partial charge in [-0.25, -0.2) is 18.0 Å². The Kier molecular flexibility index (Phi) is 10.2. The minimum absolute atomic E-state index is 0.0395. The molecule has 0 aliphatic rings. The van der Waals surface area contributed by atoms with E-state index in [-0.39, 0.29) is 23.1 Å². The highest BCUT2D eigenvalue weighted by Crippen LogP contribution is 2.42. The Balaban J connectivity index is 2.06. The maximum absolute atomic E-state index is 15.1. The van der Waals surface area contributed by atoms with Crippen LogP contribution in [0.5, 0.6) is 5.75 Å². The summed E-state index contributed by atoms with van der Waals surface area (Å²) < 4.78 is 148. The van der Waals surface area contributed by atoms with Crippen LogP contribution < -0.4 is 10.1 Å². The molecule has 14 heteroatoms. The van der Waals surface area contributed by atoms with Gasteiger partial charge in [-0.3, -0.25) is 0 Å². The van der Waals surface area contributed by atoms with Crippen LogP contribution >= 0.6 is 0 Å².